The second-order valence-corrected chi connectivity index (χ2v) is 9.27. The van der Waals surface area contributed by atoms with E-state index >= 15 is 0 Å². The fourth-order valence-electron chi connectivity index (χ4n) is 3.99. The van der Waals surface area contributed by atoms with E-state index in [1.54, 1.807) is 0 Å². The normalized spacial score (nSPS) is 28.7. The van der Waals surface area contributed by atoms with Gasteiger partial charge in [-0.1, -0.05) is 16.5 Å². The minimum Gasteiger partial charge on any atom is -0.478 e. The highest BCUT2D eigenvalue weighted by Crippen LogP contribution is 2.47. The molecule has 0 spiro atoms. The second kappa shape index (κ2) is 8.36. The number of rotatable bonds is 6. The van der Waals surface area contributed by atoms with Crippen molar-refractivity contribution < 1.29 is 29.1 Å². The van der Waals surface area contributed by atoms with E-state index in [4.69, 9.17) is 15.3 Å². The molecule has 160 valence electrons. The van der Waals surface area contributed by atoms with E-state index in [2.05, 4.69) is 15.5 Å². The molecule has 12 heteroatoms. The number of nitrogens with two attached hydrogens (primary N) is 1. The summed E-state index contributed by atoms with van der Waals surface area (Å²) in [5.74, 6) is -2.33. The van der Waals surface area contributed by atoms with E-state index in [0.717, 1.165) is 24.2 Å². The van der Waals surface area contributed by atoms with E-state index in [-0.39, 0.29) is 33.6 Å². The Morgan fingerprint density at radius 3 is 2.87 bits per heavy atom. The lowest BCUT2D eigenvalue weighted by molar-refractivity contribution is -0.139. The number of hydrogen-bond acceptors (Lipinski definition) is 10. The van der Waals surface area contributed by atoms with Crippen LogP contribution in [0.25, 0.3) is 0 Å². The number of nitrogens with one attached hydrogen (secondary N) is 1. The first kappa shape index (κ1) is 20.8. The van der Waals surface area contributed by atoms with Crippen molar-refractivity contribution in [1.29, 1.82) is 0 Å². The van der Waals surface area contributed by atoms with Crippen LogP contribution in [0.4, 0.5) is 5.13 Å². The average molecular weight is 453 g/mol. The summed E-state index contributed by atoms with van der Waals surface area (Å²) in [6.07, 6.45) is 2.78. The Morgan fingerprint density at radius 2 is 2.27 bits per heavy atom. The van der Waals surface area contributed by atoms with Crippen LogP contribution in [0, 0.1) is 5.92 Å². The lowest BCUT2D eigenvalue weighted by Gasteiger charge is -2.46. The number of thioether (sulfide) groups is 1. The number of nitrogen functional groups attached to an aromatic ring is 1. The third-order valence-corrected chi connectivity index (χ3v) is 7.59. The van der Waals surface area contributed by atoms with Crippen molar-refractivity contribution in [2.24, 2.45) is 11.1 Å². The van der Waals surface area contributed by atoms with Gasteiger partial charge in [0.1, 0.15) is 13.2 Å². The largest absolute Gasteiger partial charge is 0.478 e. The van der Waals surface area contributed by atoms with Gasteiger partial charge in [0.25, 0.3) is 5.91 Å². The van der Waals surface area contributed by atoms with Crippen molar-refractivity contribution in [3.8, 4) is 0 Å². The number of amides is 1. The smallest absolute Gasteiger partial charge is 0.332 e. The number of carbonyl (C=O) groups excluding carboxylic acids is 2. The van der Waals surface area contributed by atoms with Gasteiger partial charge < -0.3 is 25.7 Å². The monoisotopic (exact) mass is 452 g/mol. The number of carboxylic acid groups (broad SMARTS) is 1. The maximum Gasteiger partial charge on any atom is 0.332 e. The molecule has 0 radical (unpaired) electrons. The molecule has 4 N–H and O–H groups in total. The maximum atomic E-state index is 12.9. The number of hydrogen-bond donors (Lipinski definition) is 3. The lowest BCUT2D eigenvalue weighted by Crippen LogP contribution is -2.66. The Balaban J connectivity index is 1.53. The first-order chi connectivity index (χ1) is 14.4. The van der Waals surface area contributed by atoms with Crippen molar-refractivity contribution in [2.45, 2.75) is 30.2 Å². The van der Waals surface area contributed by atoms with Gasteiger partial charge in [-0.15, -0.1) is 0 Å². The first-order valence-corrected chi connectivity index (χ1v) is 11.2. The molecule has 1 aromatic heterocycles. The van der Waals surface area contributed by atoms with Crippen LogP contribution in [-0.2, 0) is 24.0 Å². The van der Waals surface area contributed by atoms with Gasteiger partial charge in [-0.05, 0) is 18.4 Å². The molecule has 3 aliphatic rings. The van der Waals surface area contributed by atoms with Crippen LogP contribution >= 0.6 is 23.1 Å². The molecule has 1 saturated carbocycles. The number of aromatic nitrogens is 1. The summed E-state index contributed by atoms with van der Waals surface area (Å²) in [5, 5.41) is 16.1. The molecule has 30 heavy (non-hydrogen) atoms. The fourth-order valence-corrected chi connectivity index (χ4v) is 6.23. The Hall–Kier alpha value is -2.44. The van der Waals surface area contributed by atoms with E-state index in [0.29, 0.717) is 22.8 Å². The summed E-state index contributed by atoms with van der Waals surface area (Å²) in [6, 6.07) is -0.805. The third-order valence-electron chi connectivity index (χ3n) is 5.35. The number of carboxylic acids is 1. The molecule has 1 amide bonds. The Bertz CT molecular complexity index is 952. The van der Waals surface area contributed by atoms with Crippen molar-refractivity contribution in [3.05, 3.63) is 22.2 Å². The average Bonchev–Trinajstić information content (AvgIpc) is 3.40. The van der Waals surface area contributed by atoms with Crippen LogP contribution in [-0.4, -0.2) is 70.3 Å². The molecule has 3 heterocycles. The van der Waals surface area contributed by atoms with Crippen molar-refractivity contribution in [1.82, 2.24) is 10.3 Å². The molecule has 1 saturated heterocycles. The van der Waals surface area contributed by atoms with E-state index in [1.807, 2.05) is 0 Å². The van der Waals surface area contributed by atoms with Crippen LogP contribution in [0.2, 0.25) is 0 Å². The van der Waals surface area contributed by atoms with Crippen LogP contribution in [0.3, 0.4) is 0 Å². The Morgan fingerprint density at radius 1 is 1.47 bits per heavy atom. The summed E-state index contributed by atoms with van der Waals surface area (Å²) in [6.45, 7) is 0.593. The third kappa shape index (κ3) is 3.59. The molecule has 1 aliphatic carbocycles. The molecule has 0 aromatic carbocycles. The number of ether oxygens (including phenoxy) is 1. The number of anilines is 1. The quantitative estimate of drug-likeness (QED) is 0.412. The summed E-state index contributed by atoms with van der Waals surface area (Å²) in [7, 11) is 1.30. The molecule has 4 rings (SSSR count). The van der Waals surface area contributed by atoms with Crippen molar-refractivity contribution in [3.63, 3.8) is 0 Å². The zero-order chi connectivity index (χ0) is 21.4. The van der Waals surface area contributed by atoms with E-state index in [9.17, 15) is 19.5 Å². The highest BCUT2D eigenvalue weighted by molar-refractivity contribution is 8.00. The number of Topliss-reactive ketones (excluding diaryl/α,β-unsaturated/α-hetero) is 1. The second-order valence-electron chi connectivity index (χ2n) is 7.04. The minimum absolute atomic E-state index is 0.0437. The molecule has 2 fully saturated rings. The standard InChI is InChI=1S/C18H20N4O6S2/c1-27-22-12(9-5-20-18(19)30-9)16(24)21-13-14(23)11-10(17(25)26)7(6-29-15(11)13)8-3-2-4-28-8/h5,8,11,13,15H,2-4,6H2,1H3,(H2,19,20)(H,21,24)(H,25,26)/b22-12-/t8-,11?,13+,15-/m0/s1. The maximum absolute atomic E-state index is 12.9. The molecular weight excluding hydrogens is 432 g/mol. The van der Waals surface area contributed by atoms with Crippen LogP contribution < -0.4 is 11.1 Å². The summed E-state index contributed by atoms with van der Waals surface area (Å²) >= 11 is 2.54. The van der Waals surface area contributed by atoms with E-state index < -0.39 is 23.8 Å². The number of oxime groups is 1. The van der Waals surface area contributed by atoms with Crippen LogP contribution in [0.5, 0.6) is 0 Å². The van der Waals surface area contributed by atoms with Gasteiger partial charge in [0.2, 0.25) is 0 Å². The molecule has 0 bridgehead atoms. The topological polar surface area (TPSA) is 153 Å². The number of ketones is 1. The Labute approximate surface area is 179 Å². The molecular formula is C18H20N4O6S2. The number of nitrogens with zero attached hydrogens (tertiary/aromatic N) is 2. The molecule has 4 atom stereocenters. The van der Waals surface area contributed by atoms with Crippen LogP contribution in [0.1, 0.15) is 17.7 Å². The SMILES string of the molecule is CO/N=C(\C(=O)N[C@@H]1C(=O)C2C(C(=O)O)=C([C@@H]3CCCO3)CS[C@@H]21)c1cnc(N)s1. The molecule has 2 aliphatic heterocycles. The summed E-state index contributed by atoms with van der Waals surface area (Å²) < 4.78 is 5.66. The number of fused-ring (bicyclic) bond motifs is 1. The highest BCUT2D eigenvalue weighted by atomic mass is 32.2. The van der Waals surface area contributed by atoms with Gasteiger partial charge >= 0.3 is 5.97 Å². The molecule has 10 nitrogen and oxygen atoms in total. The van der Waals surface area contributed by atoms with Crippen LogP contribution in [0.15, 0.2) is 22.5 Å². The zero-order valence-corrected chi connectivity index (χ0v) is 17.6. The number of carbonyl (C=O) groups is 3. The summed E-state index contributed by atoms with van der Waals surface area (Å²) in [5.41, 5.74) is 6.39. The fraction of sp³-hybridized carbons (Fsp3) is 0.500. The molecule has 1 unspecified atom stereocenters. The van der Waals surface area contributed by atoms with Gasteiger partial charge in [0.05, 0.1) is 22.5 Å². The van der Waals surface area contributed by atoms with Gasteiger partial charge in [0, 0.05) is 23.8 Å². The lowest BCUT2D eigenvalue weighted by atomic mass is 9.71. The van der Waals surface area contributed by atoms with Gasteiger partial charge in [-0.25, -0.2) is 9.78 Å². The highest BCUT2D eigenvalue weighted by Gasteiger charge is 2.57. The van der Waals surface area contributed by atoms with E-state index in [1.165, 1.54) is 25.1 Å². The predicted molar refractivity (Wildman–Crippen MR) is 110 cm³/mol. The number of aliphatic carboxylic acids is 1. The Kier molecular flexibility index (Phi) is 5.80. The first-order valence-electron chi connectivity index (χ1n) is 9.29. The van der Waals surface area contributed by atoms with Gasteiger partial charge in [-0.2, -0.15) is 11.8 Å². The minimum atomic E-state index is -1.10. The van der Waals surface area contributed by atoms with Crippen molar-refractivity contribution >= 4 is 51.6 Å². The van der Waals surface area contributed by atoms with Gasteiger partial charge in [-0.3, -0.25) is 9.59 Å². The number of thiazole rings is 1. The molecule has 1 aromatic rings. The zero-order valence-electron chi connectivity index (χ0n) is 16.0. The summed E-state index contributed by atoms with van der Waals surface area (Å²) in [4.78, 5) is 46.6. The predicted octanol–water partition coefficient (Wildman–Crippen LogP) is 0.435. The van der Waals surface area contributed by atoms with Gasteiger partial charge in [0.15, 0.2) is 16.6 Å². The van der Waals surface area contributed by atoms with Crippen molar-refractivity contribution in [2.75, 3.05) is 25.2 Å².